The van der Waals surface area contributed by atoms with Crippen molar-refractivity contribution in [3.63, 3.8) is 0 Å². The molecule has 0 radical (unpaired) electrons. The quantitative estimate of drug-likeness (QED) is 0.425. The Balaban J connectivity index is 0. The standard InChI is InChI=1S/C3H5N.Cl3HSi/c1-2-3-4;1-4(2)3/h2H2,1H3;4H. The van der Waals surface area contributed by atoms with Crippen LogP contribution in [0, 0.1) is 11.3 Å². The second-order valence-electron chi connectivity index (χ2n) is 0.759. The number of nitrogens with zero attached hydrogens (tertiary/aromatic N) is 1. The molecule has 1 nitrogen and oxygen atoms in total. The highest BCUT2D eigenvalue weighted by Crippen LogP contribution is 1.97. The van der Waals surface area contributed by atoms with E-state index >= 15 is 0 Å². The Kier molecular flexibility index (Phi) is 15.0. The summed E-state index contributed by atoms with van der Waals surface area (Å²) in [6.45, 7) is 0.0972. The molecular formula is C3H6Cl3NSi. The predicted octanol–water partition coefficient (Wildman–Crippen LogP) is 2.34. The van der Waals surface area contributed by atoms with Gasteiger partial charge in [-0.2, -0.15) is 5.26 Å². The maximum Gasteiger partial charge on any atom is 0.326 e. The molecule has 0 rings (SSSR count). The minimum absolute atomic E-state index is 0.625. The lowest BCUT2D eigenvalue weighted by molar-refractivity contribution is 1.22. The molecule has 0 saturated heterocycles. The summed E-state index contributed by atoms with van der Waals surface area (Å²) in [5.74, 6) is 0. The van der Waals surface area contributed by atoms with Gasteiger partial charge in [0.25, 0.3) is 0 Å². The highest BCUT2D eigenvalue weighted by Gasteiger charge is 1.85. The van der Waals surface area contributed by atoms with Crippen LogP contribution in [-0.2, 0) is 0 Å². The highest BCUT2D eigenvalue weighted by molar-refractivity contribution is 7.54. The Labute approximate surface area is 64.9 Å². The molecule has 0 aromatic heterocycles. The van der Waals surface area contributed by atoms with E-state index in [0.717, 1.165) is 0 Å². The van der Waals surface area contributed by atoms with E-state index in [-0.39, 0.29) is 0 Å². The minimum Gasteiger partial charge on any atom is -0.198 e. The van der Waals surface area contributed by atoms with E-state index in [2.05, 4.69) is 0 Å². The van der Waals surface area contributed by atoms with Gasteiger partial charge < -0.3 is 0 Å². The molecule has 0 fully saturated rings. The van der Waals surface area contributed by atoms with Crippen molar-refractivity contribution >= 4 is 40.0 Å². The van der Waals surface area contributed by atoms with Crippen LogP contribution in [0.25, 0.3) is 0 Å². The Hall–Kier alpha value is 0.577. The van der Waals surface area contributed by atoms with Gasteiger partial charge in [-0.15, -0.1) is 33.2 Å². The van der Waals surface area contributed by atoms with E-state index in [1.165, 1.54) is 0 Å². The maximum atomic E-state index is 7.62. The van der Waals surface area contributed by atoms with Crippen LogP contribution in [0.1, 0.15) is 13.3 Å². The van der Waals surface area contributed by atoms with Gasteiger partial charge in [0, 0.05) is 6.42 Å². The number of rotatable bonds is 0. The topological polar surface area (TPSA) is 23.8 Å². The fourth-order valence-electron chi connectivity index (χ4n) is 0. The van der Waals surface area contributed by atoms with E-state index < -0.39 is 6.73 Å². The monoisotopic (exact) mass is 189 g/mol. The highest BCUT2D eigenvalue weighted by atomic mass is 35.8. The third kappa shape index (κ3) is 82.3. The van der Waals surface area contributed by atoms with Crippen molar-refractivity contribution in [2.75, 3.05) is 0 Å². The van der Waals surface area contributed by atoms with Crippen LogP contribution in [0.2, 0.25) is 0 Å². The molecule has 0 atom stereocenters. The zero-order chi connectivity index (χ0) is 6.99. The van der Waals surface area contributed by atoms with Crippen molar-refractivity contribution in [2.24, 2.45) is 0 Å². The molecule has 0 saturated carbocycles. The van der Waals surface area contributed by atoms with Crippen molar-refractivity contribution in [3.05, 3.63) is 0 Å². The van der Waals surface area contributed by atoms with Gasteiger partial charge in [-0.25, -0.2) is 0 Å². The fraction of sp³-hybridized carbons (Fsp3) is 0.667. The summed E-state index contributed by atoms with van der Waals surface area (Å²) in [7, 11) is 0. The molecule has 0 unspecified atom stereocenters. The van der Waals surface area contributed by atoms with E-state index in [0.29, 0.717) is 6.42 Å². The van der Waals surface area contributed by atoms with Crippen LogP contribution in [-0.4, -0.2) is 6.73 Å². The fourth-order valence-corrected chi connectivity index (χ4v) is 0. The van der Waals surface area contributed by atoms with Crippen LogP contribution in [0.3, 0.4) is 0 Å². The van der Waals surface area contributed by atoms with Gasteiger partial charge >= 0.3 is 6.73 Å². The number of nitriles is 1. The van der Waals surface area contributed by atoms with Gasteiger partial charge in [0.1, 0.15) is 0 Å². The van der Waals surface area contributed by atoms with Crippen molar-refractivity contribution in [1.29, 1.82) is 5.26 Å². The number of hydrogen-bond acceptors (Lipinski definition) is 1. The van der Waals surface area contributed by atoms with Crippen molar-refractivity contribution in [1.82, 2.24) is 0 Å². The molecule has 0 bridgehead atoms. The normalized spacial score (nSPS) is 7.00. The van der Waals surface area contributed by atoms with Crippen molar-refractivity contribution in [2.45, 2.75) is 13.3 Å². The largest absolute Gasteiger partial charge is 0.326 e. The van der Waals surface area contributed by atoms with Gasteiger partial charge in [-0.1, -0.05) is 6.92 Å². The van der Waals surface area contributed by atoms with E-state index in [1.54, 1.807) is 0 Å². The third-order valence-corrected chi connectivity index (χ3v) is 0.158. The molecule has 48 valence electrons. The predicted molar refractivity (Wildman–Crippen MR) is 40.6 cm³/mol. The number of halogens is 3. The average molecular weight is 191 g/mol. The van der Waals surface area contributed by atoms with Gasteiger partial charge in [0.15, 0.2) is 0 Å². The second kappa shape index (κ2) is 10.5. The van der Waals surface area contributed by atoms with E-state index in [1.807, 2.05) is 13.0 Å². The van der Waals surface area contributed by atoms with Crippen molar-refractivity contribution < 1.29 is 0 Å². The van der Waals surface area contributed by atoms with E-state index in [9.17, 15) is 0 Å². The molecule has 0 aromatic rings. The average Bonchev–Trinajstić information content (AvgIpc) is 1.65. The Morgan fingerprint density at radius 1 is 1.50 bits per heavy atom. The van der Waals surface area contributed by atoms with Crippen LogP contribution in [0.4, 0.5) is 0 Å². The molecule has 8 heavy (non-hydrogen) atoms. The van der Waals surface area contributed by atoms with Gasteiger partial charge in [-0.3, -0.25) is 0 Å². The lowest BCUT2D eigenvalue weighted by Crippen LogP contribution is -1.66. The first kappa shape index (κ1) is 11.4. The molecular weight excluding hydrogens is 184 g/mol. The molecule has 0 aliphatic carbocycles. The SMILES string of the molecule is CCC#N.Cl[SiH](Cl)Cl. The van der Waals surface area contributed by atoms with Crippen LogP contribution in [0.15, 0.2) is 0 Å². The molecule has 0 N–H and O–H groups in total. The lowest BCUT2D eigenvalue weighted by atomic mass is 10.6. The van der Waals surface area contributed by atoms with Crippen LogP contribution in [0.5, 0.6) is 0 Å². The maximum absolute atomic E-state index is 7.62. The Morgan fingerprint density at radius 2 is 1.62 bits per heavy atom. The summed E-state index contributed by atoms with van der Waals surface area (Å²) in [5.41, 5.74) is 0. The lowest BCUT2D eigenvalue weighted by Gasteiger charge is -1.65. The van der Waals surface area contributed by atoms with Gasteiger partial charge in [-0.05, 0) is 0 Å². The summed E-state index contributed by atoms with van der Waals surface area (Å²) in [6, 6.07) is 1.93. The Morgan fingerprint density at radius 3 is 1.62 bits per heavy atom. The van der Waals surface area contributed by atoms with Crippen molar-refractivity contribution in [3.8, 4) is 6.07 Å². The summed E-state index contributed by atoms with van der Waals surface area (Å²) in [5, 5.41) is 7.62. The molecule has 0 heterocycles. The summed E-state index contributed by atoms with van der Waals surface area (Å²) >= 11 is 14.8. The first-order chi connectivity index (χ1) is 3.65. The van der Waals surface area contributed by atoms with Crippen LogP contribution >= 0.6 is 33.2 Å². The zero-order valence-corrected chi connectivity index (χ0v) is 7.79. The van der Waals surface area contributed by atoms with Crippen LogP contribution < -0.4 is 0 Å². The zero-order valence-electron chi connectivity index (χ0n) is 4.37. The van der Waals surface area contributed by atoms with Gasteiger partial charge in [0.05, 0.1) is 6.07 Å². The Bertz CT molecular complexity index is 66.7. The summed E-state index contributed by atoms with van der Waals surface area (Å²) < 4.78 is 0. The molecule has 0 aromatic carbocycles. The minimum atomic E-state index is -1.72. The molecule has 5 heteroatoms. The molecule has 0 amide bonds. The molecule has 0 aliphatic rings. The van der Waals surface area contributed by atoms with E-state index in [4.69, 9.17) is 38.5 Å². The molecule has 0 spiro atoms. The summed E-state index contributed by atoms with van der Waals surface area (Å²) in [4.78, 5) is 0. The number of hydrogen-bond donors (Lipinski definition) is 0. The summed E-state index contributed by atoms with van der Waals surface area (Å²) in [6.07, 6.45) is 0.625. The second-order valence-corrected chi connectivity index (χ2v) is 7.19. The smallest absolute Gasteiger partial charge is 0.198 e. The first-order valence-electron chi connectivity index (χ1n) is 1.94. The van der Waals surface area contributed by atoms with Gasteiger partial charge in [0.2, 0.25) is 0 Å². The third-order valence-electron chi connectivity index (χ3n) is 0.158. The first-order valence-corrected chi connectivity index (χ1v) is 7.18. The molecule has 0 aliphatic heterocycles.